The van der Waals surface area contributed by atoms with Crippen molar-refractivity contribution in [2.75, 3.05) is 0 Å². The lowest BCUT2D eigenvalue weighted by Crippen LogP contribution is -2.33. The molecule has 26 heavy (non-hydrogen) atoms. The van der Waals surface area contributed by atoms with Crippen molar-refractivity contribution < 1.29 is 14.5 Å². The van der Waals surface area contributed by atoms with Crippen LogP contribution in [0.2, 0.25) is 0 Å². The SMILES string of the molecule is C=C1C[C@@H](OC(=O)c2ccc([N+](=O)[O-])cc2)C(C)(C)CC2=C(C)CC[C@H]12. The van der Waals surface area contributed by atoms with E-state index in [1.807, 2.05) is 0 Å². The van der Waals surface area contributed by atoms with E-state index in [4.69, 9.17) is 4.74 Å². The summed E-state index contributed by atoms with van der Waals surface area (Å²) in [6, 6.07) is 5.54. The number of nitrogens with zero attached hydrogens (tertiary/aromatic N) is 1. The predicted octanol–water partition coefficient (Wildman–Crippen LogP) is 5.22. The number of allylic oxidation sites excluding steroid dienone is 2. The summed E-state index contributed by atoms with van der Waals surface area (Å²) < 4.78 is 5.85. The van der Waals surface area contributed by atoms with Crippen LogP contribution in [-0.4, -0.2) is 17.0 Å². The molecule has 0 saturated heterocycles. The molecule has 0 spiro atoms. The minimum absolute atomic E-state index is 0.0417. The first-order chi connectivity index (χ1) is 12.2. The van der Waals surface area contributed by atoms with Gasteiger partial charge in [0.1, 0.15) is 6.10 Å². The van der Waals surface area contributed by atoms with Gasteiger partial charge in [0, 0.05) is 29.9 Å². The summed E-state index contributed by atoms with van der Waals surface area (Å²) in [7, 11) is 0. The fourth-order valence-corrected chi connectivity index (χ4v) is 4.10. The standard InChI is InChI=1S/C21H25NO4/c1-13-5-10-17-14(2)11-19(21(3,4)12-18(13)17)26-20(23)15-6-8-16(9-7-15)22(24)25/h6-9,17,19H,2,5,10-12H2,1,3-4H3/t17-,19-/m1/s1. The molecule has 0 unspecified atom stereocenters. The van der Waals surface area contributed by atoms with E-state index in [1.54, 1.807) is 0 Å². The number of non-ortho nitro benzene ring substituents is 1. The predicted molar refractivity (Wildman–Crippen MR) is 99.9 cm³/mol. The van der Waals surface area contributed by atoms with Gasteiger partial charge in [0.15, 0.2) is 0 Å². The fourth-order valence-electron chi connectivity index (χ4n) is 4.10. The Balaban J connectivity index is 1.80. The summed E-state index contributed by atoms with van der Waals surface area (Å²) in [5.74, 6) is -0.0270. The van der Waals surface area contributed by atoms with Gasteiger partial charge in [-0.3, -0.25) is 10.1 Å². The molecule has 1 aromatic carbocycles. The molecule has 0 aromatic heterocycles. The van der Waals surface area contributed by atoms with Crippen LogP contribution in [0, 0.1) is 21.4 Å². The van der Waals surface area contributed by atoms with E-state index < -0.39 is 10.9 Å². The van der Waals surface area contributed by atoms with Crippen molar-refractivity contribution in [3.63, 3.8) is 0 Å². The fraction of sp³-hybridized carbons (Fsp3) is 0.476. The Hall–Kier alpha value is -2.43. The maximum atomic E-state index is 12.6. The Kier molecular flexibility index (Phi) is 4.74. The molecule has 0 amide bonds. The molecule has 5 nitrogen and oxygen atoms in total. The molecule has 3 rings (SSSR count). The molecule has 1 saturated carbocycles. The third kappa shape index (κ3) is 3.43. The number of esters is 1. The van der Waals surface area contributed by atoms with E-state index in [1.165, 1.54) is 35.4 Å². The molecular weight excluding hydrogens is 330 g/mol. The highest BCUT2D eigenvalue weighted by atomic mass is 16.6. The second-order valence-electron chi connectivity index (χ2n) is 8.12. The third-order valence-corrected chi connectivity index (χ3v) is 5.80. The van der Waals surface area contributed by atoms with Crippen LogP contribution in [0.15, 0.2) is 47.6 Å². The van der Waals surface area contributed by atoms with Gasteiger partial charge in [-0.2, -0.15) is 0 Å². The second kappa shape index (κ2) is 6.71. The van der Waals surface area contributed by atoms with Crippen molar-refractivity contribution in [3.05, 3.63) is 63.2 Å². The molecule has 2 aliphatic rings. The van der Waals surface area contributed by atoms with Gasteiger partial charge in [-0.15, -0.1) is 0 Å². The summed E-state index contributed by atoms with van der Waals surface area (Å²) in [6.07, 6.45) is 3.54. The number of hydrogen-bond acceptors (Lipinski definition) is 4. The first-order valence-electron chi connectivity index (χ1n) is 9.00. The molecule has 0 N–H and O–H groups in total. The second-order valence-corrected chi connectivity index (χ2v) is 8.12. The number of nitro groups is 1. The van der Waals surface area contributed by atoms with Gasteiger partial charge in [0.05, 0.1) is 10.5 Å². The average Bonchev–Trinajstić information content (AvgIpc) is 2.90. The van der Waals surface area contributed by atoms with E-state index in [2.05, 4.69) is 27.4 Å². The number of carbonyl (C=O) groups excluding carboxylic acids is 1. The van der Waals surface area contributed by atoms with Gasteiger partial charge in [0.25, 0.3) is 5.69 Å². The highest BCUT2D eigenvalue weighted by molar-refractivity contribution is 5.89. The van der Waals surface area contributed by atoms with E-state index >= 15 is 0 Å². The number of rotatable bonds is 3. The normalized spacial score (nSPS) is 24.8. The number of nitro benzene ring substituents is 1. The van der Waals surface area contributed by atoms with Crippen LogP contribution in [0.4, 0.5) is 5.69 Å². The van der Waals surface area contributed by atoms with Crippen LogP contribution in [0.1, 0.15) is 56.8 Å². The van der Waals surface area contributed by atoms with Crippen molar-refractivity contribution in [2.45, 2.75) is 52.6 Å². The van der Waals surface area contributed by atoms with Crippen LogP contribution >= 0.6 is 0 Å². The van der Waals surface area contributed by atoms with Gasteiger partial charge in [-0.25, -0.2) is 4.79 Å². The molecule has 1 fully saturated rings. The van der Waals surface area contributed by atoms with E-state index in [0.29, 0.717) is 17.9 Å². The Bertz CT molecular complexity index is 789. The van der Waals surface area contributed by atoms with Gasteiger partial charge in [-0.05, 0) is 38.3 Å². The Labute approximate surface area is 153 Å². The number of ether oxygens (including phenoxy) is 1. The lowest BCUT2D eigenvalue weighted by atomic mass is 9.80. The first-order valence-corrected chi connectivity index (χ1v) is 9.00. The average molecular weight is 355 g/mol. The number of hydrogen-bond donors (Lipinski definition) is 0. The zero-order chi connectivity index (χ0) is 19.1. The summed E-state index contributed by atoms with van der Waals surface area (Å²) in [5, 5.41) is 10.8. The van der Waals surface area contributed by atoms with Crippen LogP contribution < -0.4 is 0 Å². The minimum atomic E-state index is -0.484. The van der Waals surface area contributed by atoms with E-state index in [0.717, 1.165) is 24.8 Å². The first kappa shape index (κ1) is 18.4. The van der Waals surface area contributed by atoms with E-state index in [-0.39, 0.29) is 17.2 Å². The topological polar surface area (TPSA) is 69.4 Å². The zero-order valence-electron chi connectivity index (χ0n) is 15.6. The molecule has 0 heterocycles. The Morgan fingerprint density at radius 1 is 1.31 bits per heavy atom. The van der Waals surface area contributed by atoms with Crippen LogP contribution in [-0.2, 0) is 4.74 Å². The number of carbonyl (C=O) groups is 1. The molecule has 5 heteroatoms. The molecule has 2 atom stereocenters. The number of fused-ring (bicyclic) bond motifs is 1. The molecule has 0 bridgehead atoms. The van der Waals surface area contributed by atoms with Crippen molar-refractivity contribution in [3.8, 4) is 0 Å². The molecule has 0 aliphatic heterocycles. The molecule has 0 radical (unpaired) electrons. The van der Waals surface area contributed by atoms with Gasteiger partial charge < -0.3 is 4.74 Å². The number of benzene rings is 1. The van der Waals surface area contributed by atoms with Crippen LogP contribution in [0.5, 0.6) is 0 Å². The smallest absolute Gasteiger partial charge is 0.338 e. The molecular formula is C21H25NO4. The third-order valence-electron chi connectivity index (χ3n) is 5.80. The largest absolute Gasteiger partial charge is 0.458 e. The summed E-state index contributed by atoms with van der Waals surface area (Å²) in [5.41, 5.74) is 4.16. The van der Waals surface area contributed by atoms with Crippen LogP contribution in [0.25, 0.3) is 0 Å². The van der Waals surface area contributed by atoms with Crippen molar-refractivity contribution in [1.29, 1.82) is 0 Å². The molecule has 2 aliphatic carbocycles. The monoisotopic (exact) mass is 355 g/mol. The summed E-state index contributed by atoms with van der Waals surface area (Å²) >= 11 is 0. The maximum absolute atomic E-state index is 12.6. The lowest BCUT2D eigenvalue weighted by molar-refractivity contribution is -0.384. The van der Waals surface area contributed by atoms with Crippen molar-refractivity contribution >= 4 is 11.7 Å². The molecule has 138 valence electrons. The molecule has 1 aromatic rings. The summed E-state index contributed by atoms with van der Waals surface area (Å²) in [6.45, 7) is 10.7. The lowest BCUT2D eigenvalue weighted by Gasteiger charge is -2.32. The highest BCUT2D eigenvalue weighted by Crippen LogP contribution is 2.49. The van der Waals surface area contributed by atoms with Crippen molar-refractivity contribution in [2.24, 2.45) is 11.3 Å². The van der Waals surface area contributed by atoms with Gasteiger partial charge in [-0.1, -0.05) is 37.1 Å². The summed E-state index contributed by atoms with van der Waals surface area (Å²) in [4.78, 5) is 22.8. The van der Waals surface area contributed by atoms with Crippen LogP contribution in [0.3, 0.4) is 0 Å². The van der Waals surface area contributed by atoms with Gasteiger partial charge >= 0.3 is 5.97 Å². The Morgan fingerprint density at radius 2 is 1.96 bits per heavy atom. The maximum Gasteiger partial charge on any atom is 0.338 e. The van der Waals surface area contributed by atoms with E-state index in [9.17, 15) is 14.9 Å². The zero-order valence-corrected chi connectivity index (χ0v) is 15.6. The Morgan fingerprint density at radius 3 is 2.58 bits per heavy atom. The minimum Gasteiger partial charge on any atom is -0.458 e. The van der Waals surface area contributed by atoms with Crippen molar-refractivity contribution in [1.82, 2.24) is 0 Å². The van der Waals surface area contributed by atoms with Gasteiger partial charge in [0.2, 0.25) is 0 Å². The quantitative estimate of drug-likeness (QED) is 0.322. The highest BCUT2D eigenvalue weighted by Gasteiger charge is 2.41.